The Hall–Kier alpha value is -2.76. The Morgan fingerprint density at radius 3 is 2.21 bits per heavy atom. The maximum atomic E-state index is 13.5. The Bertz CT molecular complexity index is 1230. The van der Waals surface area contributed by atoms with Crippen molar-refractivity contribution in [2.75, 3.05) is 7.11 Å². The number of benzene rings is 3. The van der Waals surface area contributed by atoms with Crippen molar-refractivity contribution in [2.45, 2.75) is 11.3 Å². The van der Waals surface area contributed by atoms with Gasteiger partial charge < -0.3 is 4.74 Å². The molecule has 0 fully saturated rings. The zero-order valence-corrected chi connectivity index (χ0v) is 16.7. The molecule has 0 atom stereocenters. The SMILES string of the molecule is COc1ccc(Cc2c(Cl)c3ccccc3n2S(=O)(=O)c2ccccc2)cc1. The molecule has 0 amide bonds. The van der Waals surface area contributed by atoms with E-state index in [4.69, 9.17) is 16.3 Å². The number of ether oxygens (including phenoxy) is 1. The number of para-hydroxylation sites is 1. The van der Waals surface area contributed by atoms with Crippen LogP contribution in [0.25, 0.3) is 10.9 Å². The molecule has 0 saturated carbocycles. The molecule has 142 valence electrons. The molecule has 4 rings (SSSR count). The summed E-state index contributed by atoms with van der Waals surface area (Å²) < 4.78 is 33.5. The third kappa shape index (κ3) is 3.17. The van der Waals surface area contributed by atoms with E-state index in [-0.39, 0.29) is 4.90 Å². The molecule has 3 aromatic carbocycles. The number of rotatable bonds is 5. The lowest BCUT2D eigenvalue weighted by molar-refractivity contribution is 0.414. The maximum Gasteiger partial charge on any atom is 0.268 e. The Balaban J connectivity index is 1.93. The quantitative estimate of drug-likeness (QED) is 0.457. The molecular weight excluding hydrogens is 394 g/mol. The van der Waals surface area contributed by atoms with Crippen LogP contribution in [0, 0.1) is 0 Å². The zero-order chi connectivity index (χ0) is 19.7. The molecule has 1 aromatic heterocycles. The second kappa shape index (κ2) is 7.34. The molecule has 4 nitrogen and oxygen atoms in total. The Labute approximate surface area is 169 Å². The second-order valence-corrected chi connectivity index (χ2v) is 8.55. The summed E-state index contributed by atoms with van der Waals surface area (Å²) in [5.74, 6) is 0.743. The molecule has 0 N–H and O–H groups in total. The van der Waals surface area contributed by atoms with Crippen LogP contribution in [0.5, 0.6) is 5.75 Å². The van der Waals surface area contributed by atoms with E-state index >= 15 is 0 Å². The third-order valence-corrected chi connectivity index (χ3v) is 6.86. The molecular formula is C22H18ClNO3S. The van der Waals surface area contributed by atoms with Crippen LogP contribution in [-0.2, 0) is 16.4 Å². The van der Waals surface area contributed by atoms with Crippen molar-refractivity contribution in [3.8, 4) is 5.75 Å². The summed E-state index contributed by atoms with van der Waals surface area (Å²) in [6.07, 6.45) is 0.379. The minimum atomic E-state index is -3.80. The minimum absolute atomic E-state index is 0.225. The zero-order valence-electron chi connectivity index (χ0n) is 15.2. The fourth-order valence-electron chi connectivity index (χ4n) is 3.28. The van der Waals surface area contributed by atoms with Gasteiger partial charge in [0.15, 0.2) is 0 Å². The first-order valence-electron chi connectivity index (χ1n) is 8.74. The van der Waals surface area contributed by atoms with Gasteiger partial charge in [0.1, 0.15) is 5.75 Å². The van der Waals surface area contributed by atoms with Crippen molar-refractivity contribution in [1.29, 1.82) is 0 Å². The van der Waals surface area contributed by atoms with E-state index in [1.165, 1.54) is 3.97 Å². The number of halogens is 1. The maximum absolute atomic E-state index is 13.5. The highest BCUT2D eigenvalue weighted by Crippen LogP contribution is 2.35. The molecule has 1 heterocycles. The van der Waals surface area contributed by atoms with Gasteiger partial charge >= 0.3 is 0 Å². The third-order valence-electron chi connectivity index (χ3n) is 4.67. The summed E-state index contributed by atoms with van der Waals surface area (Å²) in [7, 11) is -2.19. The number of aromatic nitrogens is 1. The number of hydrogen-bond donors (Lipinski definition) is 0. The summed E-state index contributed by atoms with van der Waals surface area (Å²) in [5.41, 5.74) is 2.05. The van der Waals surface area contributed by atoms with E-state index in [1.807, 2.05) is 42.5 Å². The van der Waals surface area contributed by atoms with E-state index in [0.717, 1.165) is 11.3 Å². The Kier molecular flexibility index (Phi) is 4.87. The Morgan fingerprint density at radius 1 is 0.893 bits per heavy atom. The molecule has 28 heavy (non-hydrogen) atoms. The normalized spacial score (nSPS) is 11.6. The molecule has 0 bridgehead atoms. The lowest BCUT2D eigenvalue weighted by Crippen LogP contribution is -2.16. The number of methoxy groups -OCH3 is 1. The van der Waals surface area contributed by atoms with Gasteiger partial charge in [-0.15, -0.1) is 0 Å². The molecule has 0 radical (unpaired) electrons. The first-order valence-corrected chi connectivity index (χ1v) is 10.6. The van der Waals surface area contributed by atoms with Crippen LogP contribution in [0.1, 0.15) is 11.3 Å². The van der Waals surface area contributed by atoms with E-state index in [0.29, 0.717) is 28.0 Å². The average Bonchev–Trinajstić information content (AvgIpc) is 3.02. The van der Waals surface area contributed by atoms with E-state index in [9.17, 15) is 8.42 Å². The highest BCUT2D eigenvalue weighted by atomic mass is 35.5. The highest BCUT2D eigenvalue weighted by molar-refractivity contribution is 7.90. The lowest BCUT2D eigenvalue weighted by Gasteiger charge is -2.13. The van der Waals surface area contributed by atoms with Gasteiger partial charge in [0.05, 0.1) is 28.2 Å². The average molecular weight is 412 g/mol. The summed E-state index contributed by atoms with van der Waals surface area (Å²) in [6, 6.07) is 23.2. The van der Waals surface area contributed by atoms with Gasteiger partial charge in [-0.05, 0) is 35.9 Å². The number of hydrogen-bond acceptors (Lipinski definition) is 3. The monoisotopic (exact) mass is 411 g/mol. The second-order valence-electron chi connectivity index (χ2n) is 6.39. The van der Waals surface area contributed by atoms with Gasteiger partial charge in [0.25, 0.3) is 10.0 Å². The van der Waals surface area contributed by atoms with Crippen molar-refractivity contribution in [2.24, 2.45) is 0 Å². The summed E-state index contributed by atoms with van der Waals surface area (Å²) in [4.78, 5) is 0.225. The van der Waals surface area contributed by atoms with E-state index in [2.05, 4.69) is 0 Å². The van der Waals surface area contributed by atoms with Crippen LogP contribution in [0.3, 0.4) is 0 Å². The van der Waals surface area contributed by atoms with Crippen molar-refractivity contribution >= 4 is 32.5 Å². The molecule has 0 saturated heterocycles. The van der Waals surface area contributed by atoms with Gasteiger partial charge in [-0.1, -0.05) is 60.1 Å². The van der Waals surface area contributed by atoms with Crippen molar-refractivity contribution < 1.29 is 13.2 Å². The fraction of sp³-hybridized carbons (Fsp3) is 0.0909. The highest BCUT2D eigenvalue weighted by Gasteiger charge is 2.26. The lowest BCUT2D eigenvalue weighted by atomic mass is 10.1. The van der Waals surface area contributed by atoms with Gasteiger partial charge in [-0.25, -0.2) is 12.4 Å². The fourth-order valence-corrected chi connectivity index (χ4v) is 5.22. The summed E-state index contributed by atoms with van der Waals surface area (Å²) in [5, 5.41) is 1.16. The largest absolute Gasteiger partial charge is 0.497 e. The van der Waals surface area contributed by atoms with Gasteiger partial charge in [0.2, 0.25) is 0 Å². The molecule has 6 heteroatoms. The van der Waals surface area contributed by atoms with Gasteiger partial charge in [-0.2, -0.15) is 0 Å². The van der Waals surface area contributed by atoms with E-state index in [1.54, 1.807) is 43.5 Å². The van der Waals surface area contributed by atoms with E-state index < -0.39 is 10.0 Å². The Morgan fingerprint density at radius 2 is 1.54 bits per heavy atom. The standard InChI is InChI=1S/C22H18ClNO3S/c1-27-17-13-11-16(12-14-17)15-21-22(23)19-9-5-6-10-20(19)24(21)28(25,26)18-7-3-2-4-8-18/h2-14H,15H2,1H3. The van der Waals surface area contributed by atoms with Gasteiger partial charge in [-0.3, -0.25) is 0 Å². The summed E-state index contributed by atoms with van der Waals surface area (Å²) in [6.45, 7) is 0. The van der Waals surface area contributed by atoms with Crippen LogP contribution in [0.4, 0.5) is 0 Å². The first kappa shape index (κ1) is 18.6. The number of fused-ring (bicyclic) bond motifs is 1. The summed E-state index contributed by atoms with van der Waals surface area (Å²) >= 11 is 6.65. The molecule has 0 aliphatic rings. The topological polar surface area (TPSA) is 48.3 Å². The molecule has 4 aromatic rings. The molecule has 0 aliphatic heterocycles. The number of nitrogens with zero attached hydrogens (tertiary/aromatic N) is 1. The van der Waals surface area contributed by atoms with Crippen LogP contribution in [-0.4, -0.2) is 19.5 Å². The van der Waals surface area contributed by atoms with Crippen molar-refractivity contribution in [3.63, 3.8) is 0 Å². The molecule has 0 spiro atoms. The van der Waals surface area contributed by atoms with Crippen LogP contribution < -0.4 is 4.74 Å². The van der Waals surface area contributed by atoms with Crippen LogP contribution >= 0.6 is 11.6 Å². The predicted octanol–water partition coefficient (Wildman–Crippen LogP) is 5.13. The molecule has 0 aliphatic carbocycles. The first-order chi connectivity index (χ1) is 13.5. The van der Waals surface area contributed by atoms with Crippen LogP contribution in [0.2, 0.25) is 5.02 Å². The minimum Gasteiger partial charge on any atom is -0.497 e. The van der Waals surface area contributed by atoms with Crippen molar-refractivity contribution in [1.82, 2.24) is 3.97 Å². The molecule has 0 unspecified atom stereocenters. The van der Waals surface area contributed by atoms with Crippen LogP contribution in [0.15, 0.2) is 83.8 Å². The van der Waals surface area contributed by atoms with Crippen molar-refractivity contribution in [3.05, 3.63) is 95.1 Å². The van der Waals surface area contributed by atoms with Gasteiger partial charge in [0, 0.05) is 11.8 Å². The predicted molar refractivity (Wildman–Crippen MR) is 112 cm³/mol. The smallest absolute Gasteiger partial charge is 0.268 e.